The SMILES string of the molecule is Cc1nn(C)c(C)c1NC(=O)C(C)OC(=O)/C(C#N)=C/c1cc(C)n(CC(C)C)c1C. The highest BCUT2D eigenvalue weighted by molar-refractivity contribution is 6.01. The highest BCUT2D eigenvalue weighted by Crippen LogP contribution is 2.21. The van der Waals surface area contributed by atoms with Gasteiger partial charge in [0.1, 0.15) is 11.6 Å². The Kier molecular flexibility index (Phi) is 7.45. The van der Waals surface area contributed by atoms with Crippen molar-refractivity contribution in [2.24, 2.45) is 13.0 Å². The van der Waals surface area contributed by atoms with Gasteiger partial charge in [-0.15, -0.1) is 0 Å². The number of nitrogens with one attached hydrogen (secondary N) is 1. The van der Waals surface area contributed by atoms with E-state index in [2.05, 4.69) is 28.8 Å². The largest absolute Gasteiger partial charge is 0.448 e. The van der Waals surface area contributed by atoms with Crippen molar-refractivity contribution in [2.75, 3.05) is 5.32 Å². The Morgan fingerprint density at radius 2 is 1.87 bits per heavy atom. The molecule has 2 heterocycles. The Labute approximate surface area is 183 Å². The molecule has 31 heavy (non-hydrogen) atoms. The van der Waals surface area contributed by atoms with Crippen LogP contribution in [0.25, 0.3) is 6.08 Å². The van der Waals surface area contributed by atoms with Crippen molar-refractivity contribution in [1.82, 2.24) is 14.3 Å². The number of hydrogen-bond acceptors (Lipinski definition) is 5. The van der Waals surface area contributed by atoms with E-state index in [0.29, 0.717) is 17.3 Å². The van der Waals surface area contributed by atoms with Gasteiger partial charge in [-0.1, -0.05) is 13.8 Å². The fourth-order valence-electron chi connectivity index (χ4n) is 3.37. The number of aryl methyl sites for hydroxylation is 3. The molecular weight excluding hydrogens is 394 g/mol. The van der Waals surface area contributed by atoms with E-state index < -0.39 is 18.0 Å². The molecule has 0 aliphatic carbocycles. The lowest BCUT2D eigenvalue weighted by Gasteiger charge is -2.13. The molecule has 0 fully saturated rings. The highest BCUT2D eigenvalue weighted by Gasteiger charge is 2.23. The number of anilines is 1. The molecule has 0 aliphatic heterocycles. The lowest BCUT2D eigenvalue weighted by atomic mass is 10.1. The second kappa shape index (κ2) is 9.65. The molecule has 1 atom stereocenters. The molecule has 0 bridgehead atoms. The molecule has 2 aromatic rings. The quantitative estimate of drug-likeness (QED) is 0.415. The first-order valence-electron chi connectivity index (χ1n) is 10.3. The first-order chi connectivity index (χ1) is 14.5. The Morgan fingerprint density at radius 1 is 1.23 bits per heavy atom. The maximum absolute atomic E-state index is 12.5. The lowest BCUT2D eigenvalue weighted by molar-refractivity contribution is -0.148. The topological polar surface area (TPSA) is 102 Å². The summed E-state index contributed by atoms with van der Waals surface area (Å²) in [6.07, 6.45) is 0.443. The minimum Gasteiger partial charge on any atom is -0.448 e. The van der Waals surface area contributed by atoms with E-state index in [4.69, 9.17) is 4.74 Å². The van der Waals surface area contributed by atoms with Crippen molar-refractivity contribution in [2.45, 2.75) is 61.1 Å². The van der Waals surface area contributed by atoms with Crippen molar-refractivity contribution in [3.8, 4) is 6.07 Å². The van der Waals surface area contributed by atoms with Gasteiger partial charge in [0.15, 0.2) is 6.10 Å². The molecule has 2 rings (SSSR count). The molecule has 1 amide bonds. The summed E-state index contributed by atoms with van der Waals surface area (Å²) < 4.78 is 9.08. The van der Waals surface area contributed by atoms with E-state index in [1.807, 2.05) is 32.9 Å². The summed E-state index contributed by atoms with van der Waals surface area (Å²) in [5, 5.41) is 16.5. The first-order valence-corrected chi connectivity index (χ1v) is 10.3. The summed E-state index contributed by atoms with van der Waals surface area (Å²) in [6, 6.07) is 3.83. The number of rotatable bonds is 7. The molecule has 8 heteroatoms. The van der Waals surface area contributed by atoms with Crippen molar-refractivity contribution < 1.29 is 14.3 Å². The van der Waals surface area contributed by atoms with Gasteiger partial charge in [-0.05, 0) is 58.2 Å². The van der Waals surface area contributed by atoms with Crippen LogP contribution in [0.15, 0.2) is 11.6 Å². The van der Waals surface area contributed by atoms with Gasteiger partial charge in [0, 0.05) is 25.0 Å². The molecule has 2 aromatic heterocycles. The van der Waals surface area contributed by atoms with E-state index in [9.17, 15) is 14.9 Å². The predicted octanol–water partition coefficient (Wildman–Crippen LogP) is 3.59. The number of carbonyl (C=O) groups excluding carboxylic acids is 2. The summed E-state index contributed by atoms with van der Waals surface area (Å²) in [4.78, 5) is 25.1. The second-order valence-electron chi connectivity index (χ2n) is 8.21. The Balaban J connectivity index is 2.16. The van der Waals surface area contributed by atoms with Gasteiger partial charge in [0.2, 0.25) is 0 Å². The van der Waals surface area contributed by atoms with Gasteiger partial charge in [-0.25, -0.2) is 4.79 Å². The number of nitrogens with zero attached hydrogens (tertiary/aromatic N) is 4. The van der Waals surface area contributed by atoms with E-state index in [-0.39, 0.29) is 5.57 Å². The summed E-state index contributed by atoms with van der Waals surface area (Å²) in [7, 11) is 1.78. The van der Waals surface area contributed by atoms with Crippen LogP contribution in [0.5, 0.6) is 0 Å². The average Bonchev–Trinajstić information content (AvgIpc) is 3.08. The minimum atomic E-state index is -1.07. The van der Waals surface area contributed by atoms with E-state index >= 15 is 0 Å². The number of esters is 1. The van der Waals surface area contributed by atoms with Crippen LogP contribution in [0.2, 0.25) is 0 Å². The van der Waals surface area contributed by atoms with Gasteiger partial charge in [0.05, 0.1) is 17.1 Å². The average molecular weight is 426 g/mol. The third kappa shape index (κ3) is 5.43. The Hall–Kier alpha value is -3.34. The van der Waals surface area contributed by atoms with Crippen LogP contribution >= 0.6 is 0 Å². The smallest absolute Gasteiger partial charge is 0.349 e. The summed E-state index contributed by atoms with van der Waals surface area (Å²) in [5.41, 5.74) is 4.70. The minimum absolute atomic E-state index is 0.154. The fraction of sp³-hybridized carbons (Fsp3) is 0.478. The van der Waals surface area contributed by atoms with Crippen LogP contribution in [0, 0.1) is 44.9 Å². The van der Waals surface area contributed by atoms with Crippen molar-refractivity contribution in [3.63, 3.8) is 0 Å². The van der Waals surface area contributed by atoms with Crippen LogP contribution in [0.3, 0.4) is 0 Å². The fourth-order valence-corrected chi connectivity index (χ4v) is 3.37. The number of aromatic nitrogens is 3. The molecule has 0 aliphatic rings. The zero-order valence-corrected chi connectivity index (χ0v) is 19.5. The molecule has 0 spiro atoms. The van der Waals surface area contributed by atoms with E-state index in [1.54, 1.807) is 18.7 Å². The molecular formula is C23H31N5O3. The van der Waals surface area contributed by atoms with Crippen LogP contribution in [-0.4, -0.2) is 32.3 Å². The highest BCUT2D eigenvalue weighted by atomic mass is 16.5. The van der Waals surface area contributed by atoms with Crippen LogP contribution in [0.1, 0.15) is 49.1 Å². The maximum atomic E-state index is 12.5. The third-order valence-corrected chi connectivity index (χ3v) is 5.21. The number of hydrogen-bond donors (Lipinski definition) is 1. The van der Waals surface area contributed by atoms with Crippen LogP contribution in [0.4, 0.5) is 5.69 Å². The number of amides is 1. The van der Waals surface area contributed by atoms with Gasteiger partial charge in [-0.3, -0.25) is 9.48 Å². The molecule has 8 nitrogen and oxygen atoms in total. The molecule has 1 unspecified atom stereocenters. The number of nitriles is 1. The van der Waals surface area contributed by atoms with Gasteiger partial charge in [-0.2, -0.15) is 10.4 Å². The molecule has 0 radical (unpaired) electrons. The summed E-state index contributed by atoms with van der Waals surface area (Å²) in [5.74, 6) is -0.855. The van der Waals surface area contributed by atoms with E-state index in [1.165, 1.54) is 13.0 Å². The first kappa shape index (κ1) is 23.9. The Morgan fingerprint density at radius 3 is 2.39 bits per heavy atom. The van der Waals surface area contributed by atoms with Crippen molar-refractivity contribution in [3.05, 3.63) is 40.0 Å². The van der Waals surface area contributed by atoms with Crippen molar-refractivity contribution in [1.29, 1.82) is 5.26 Å². The monoisotopic (exact) mass is 425 g/mol. The molecule has 1 N–H and O–H groups in total. The zero-order valence-electron chi connectivity index (χ0n) is 19.5. The van der Waals surface area contributed by atoms with Gasteiger partial charge in [0.25, 0.3) is 5.91 Å². The zero-order chi connectivity index (χ0) is 23.5. The normalized spacial score (nSPS) is 12.6. The Bertz CT molecular complexity index is 1070. The lowest BCUT2D eigenvalue weighted by Crippen LogP contribution is -2.30. The van der Waals surface area contributed by atoms with Crippen LogP contribution in [-0.2, 0) is 27.9 Å². The maximum Gasteiger partial charge on any atom is 0.349 e. The molecule has 0 aromatic carbocycles. The predicted molar refractivity (Wildman–Crippen MR) is 119 cm³/mol. The molecule has 0 saturated carbocycles. The summed E-state index contributed by atoms with van der Waals surface area (Å²) in [6.45, 7) is 14.1. The second-order valence-corrected chi connectivity index (χ2v) is 8.21. The standard InChI is InChI=1S/C23H31N5O3/c1-13(2)12-28-14(3)9-19(16(28)5)10-20(11-24)23(30)31-18(7)22(29)25-21-15(4)26-27(8)17(21)6/h9-10,13,18H,12H2,1-8H3,(H,25,29)/b20-10+. The number of carbonyl (C=O) groups is 2. The summed E-state index contributed by atoms with van der Waals surface area (Å²) >= 11 is 0. The number of ether oxygens (including phenoxy) is 1. The molecule has 0 saturated heterocycles. The van der Waals surface area contributed by atoms with Gasteiger partial charge >= 0.3 is 5.97 Å². The molecule has 166 valence electrons. The van der Waals surface area contributed by atoms with E-state index in [0.717, 1.165) is 29.2 Å². The van der Waals surface area contributed by atoms with Crippen LogP contribution < -0.4 is 5.32 Å². The third-order valence-electron chi connectivity index (χ3n) is 5.21. The van der Waals surface area contributed by atoms with Gasteiger partial charge < -0.3 is 14.6 Å². The van der Waals surface area contributed by atoms with Crippen molar-refractivity contribution >= 4 is 23.6 Å².